The van der Waals surface area contributed by atoms with E-state index in [9.17, 15) is 4.79 Å². The minimum absolute atomic E-state index is 0.0123. The molecule has 0 bridgehead atoms. The van der Waals surface area contributed by atoms with E-state index in [2.05, 4.69) is 10.3 Å². The van der Waals surface area contributed by atoms with Gasteiger partial charge >= 0.3 is 6.03 Å². The molecular weight excluding hydrogens is 238 g/mol. The maximum absolute atomic E-state index is 12.0. The van der Waals surface area contributed by atoms with Crippen LogP contribution in [0.25, 0.3) is 0 Å². The third kappa shape index (κ3) is 2.72. The Kier molecular flexibility index (Phi) is 4.40. The van der Waals surface area contributed by atoms with Crippen LogP contribution in [0.2, 0.25) is 0 Å². The summed E-state index contributed by atoms with van der Waals surface area (Å²) >= 11 is 0. The SMILES string of the molecule is CC.Cc1ccc(N2C(=O)NC3CCCCC32)nc1. The van der Waals surface area contributed by atoms with E-state index in [1.165, 1.54) is 12.8 Å². The van der Waals surface area contributed by atoms with Crippen molar-refractivity contribution in [1.29, 1.82) is 0 Å². The van der Waals surface area contributed by atoms with Gasteiger partial charge in [-0.3, -0.25) is 4.90 Å². The molecule has 1 N–H and O–H groups in total. The Morgan fingerprint density at radius 3 is 2.68 bits per heavy atom. The number of amides is 2. The third-order valence-electron chi connectivity index (χ3n) is 3.73. The number of carbonyl (C=O) groups excluding carboxylic acids is 1. The molecule has 104 valence electrons. The Balaban J connectivity index is 0.000000637. The van der Waals surface area contributed by atoms with Gasteiger partial charge in [0.25, 0.3) is 0 Å². The Morgan fingerprint density at radius 1 is 1.26 bits per heavy atom. The van der Waals surface area contributed by atoms with Gasteiger partial charge in [-0.1, -0.05) is 32.8 Å². The molecule has 19 heavy (non-hydrogen) atoms. The van der Waals surface area contributed by atoms with Crippen LogP contribution in [0.15, 0.2) is 18.3 Å². The number of carbonyl (C=O) groups is 1. The van der Waals surface area contributed by atoms with E-state index in [0.29, 0.717) is 12.1 Å². The molecule has 2 aliphatic rings. The van der Waals surface area contributed by atoms with Crippen LogP contribution >= 0.6 is 0 Å². The Morgan fingerprint density at radius 2 is 2.00 bits per heavy atom. The average molecular weight is 261 g/mol. The molecule has 0 radical (unpaired) electrons. The minimum Gasteiger partial charge on any atom is -0.333 e. The molecule has 2 amide bonds. The van der Waals surface area contributed by atoms with E-state index >= 15 is 0 Å². The zero-order chi connectivity index (χ0) is 13.8. The van der Waals surface area contributed by atoms with Crippen molar-refractivity contribution in [1.82, 2.24) is 10.3 Å². The second kappa shape index (κ2) is 6.04. The number of urea groups is 1. The van der Waals surface area contributed by atoms with Crippen LogP contribution in [0.1, 0.15) is 45.1 Å². The summed E-state index contributed by atoms with van der Waals surface area (Å²) in [6.45, 7) is 6.00. The van der Waals surface area contributed by atoms with Crippen molar-refractivity contribution < 1.29 is 4.79 Å². The van der Waals surface area contributed by atoms with Gasteiger partial charge in [0.05, 0.1) is 12.1 Å². The molecule has 2 atom stereocenters. The molecule has 1 saturated heterocycles. The Bertz CT molecular complexity index is 430. The summed E-state index contributed by atoms with van der Waals surface area (Å²) in [5.74, 6) is 0.780. The van der Waals surface area contributed by atoms with E-state index < -0.39 is 0 Å². The van der Waals surface area contributed by atoms with Crippen LogP contribution in [-0.2, 0) is 0 Å². The van der Waals surface area contributed by atoms with E-state index in [1.54, 1.807) is 0 Å². The topological polar surface area (TPSA) is 45.2 Å². The molecule has 1 aliphatic carbocycles. The van der Waals surface area contributed by atoms with Crippen LogP contribution in [-0.4, -0.2) is 23.1 Å². The smallest absolute Gasteiger partial charge is 0.323 e. The molecular formula is C15H23N3O. The fraction of sp³-hybridized carbons (Fsp3) is 0.600. The van der Waals surface area contributed by atoms with Crippen LogP contribution in [0.4, 0.5) is 10.6 Å². The molecule has 3 rings (SSSR count). The van der Waals surface area contributed by atoms with Gasteiger partial charge < -0.3 is 5.32 Å². The molecule has 1 saturated carbocycles. The van der Waals surface area contributed by atoms with E-state index in [1.807, 2.05) is 44.0 Å². The molecule has 4 heteroatoms. The fourth-order valence-corrected chi connectivity index (χ4v) is 2.84. The lowest BCUT2D eigenvalue weighted by molar-refractivity contribution is 0.250. The minimum atomic E-state index is 0.0123. The lowest BCUT2D eigenvalue weighted by Crippen LogP contribution is -2.39. The number of rotatable bonds is 1. The summed E-state index contributed by atoms with van der Waals surface area (Å²) in [6, 6.07) is 4.57. The van der Waals surface area contributed by atoms with E-state index in [0.717, 1.165) is 24.2 Å². The maximum Gasteiger partial charge on any atom is 0.323 e. The zero-order valence-electron chi connectivity index (χ0n) is 12.0. The first-order valence-electron chi connectivity index (χ1n) is 7.28. The van der Waals surface area contributed by atoms with Crippen molar-refractivity contribution in [3.63, 3.8) is 0 Å². The highest BCUT2D eigenvalue weighted by Crippen LogP contribution is 2.30. The van der Waals surface area contributed by atoms with Crippen molar-refractivity contribution in [2.24, 2.45) is 0 Å². The predicted molar refractivity (Wildman–Crippen MR) is 77.4 cm³/mol. The third-order valence-corrected chi connectivity index (χ3v) is 3.73. The maximum atomic E-state index is 12.0. The van der Waals surface area contributed by atoms with Crippen LogP contribution in [0.3, 0.4) is 0 Å². The van der Waals surface area contributed by atoms with Gasteiger partial charge in [-0.05, 0) is 31.4 Å². The second-order valence-corrected chi connectivity index (χ2v) is 4.97. The Labute approximate surface area is 115 Å². The van der Waals surface area contributed by atoms with Gasteiger partial charge in [0.1, 0.15) is 5.82 Å². The van der Waals surface area contributed by atoms with Gasteiger partial charge in [-0.15, -0.1) is 0 Å². The summed E-state index contributed by atoms with van der Waals surface area (Å²) in [6.07, 6.45) is 6.42. The lowest BCUT2D eigenvalue weighted by atomic mass is 9.91. The second-order valence-electron chi connectivity index (χ2n) is 4.97. The monoisotopic (exact) mass is 261 g/mol. The van der Waals surface area contributed by atoms with Crippen molar-refractivity contribution in [2.45, 2.75) is 58.5 Å². The number of anilines is 1. The van der Waals surface area contributed by atoms with Crippen molar-refractivity contribution in [3.8, 4) is 0 Å². The van der Waals surface area contributed by atoms with Gasteiger partial charge in [0.15, 0.2) is 0 Å². The summed E-state index contributed by atoms with van der Waals surface area (Å²) < 4.78 is 0. The molecule has 0 aromatic carbocycles. The first-order valence-corrected chi connectivity index (χ1v) is 7.28. The van der Waals surface area contributed by atoms with Crippen molar-refractivity contribution >= 4 is 11.8 Å². The molecule has 1 aromatic rings. The number of fused-ring (bicyclic) bond motifs is 1. The number of hydrogen-bond donors (Lipinski definition) is 1. The largest absolute Gasteiger partial charge is 0.333 e. The normalized spacial score (nSPS) is 25.2. The number of aromatic nitrogens is 1. The zero-order valence-corrected chi connectivity index (χ0v) is 12.0. The molecule has 2 fully saturated rings. The number of nitrogens with one attached hydrogen (secondary N) is 1. The summed E-state index contributed by atoms with van der Waals surface area (Å²) in [5.41, 5.74) is 1.12. The van der Waals surface area contributed by atoms with Crippen LogP contribution in [0.5, 0.6) is 0 Å². The van der Waals surface area contributed by atoms with E-state index in [-0.39, 0.29) is 6.03 Å². The average Bonchev–Trinajstić information content (AvgIpc) is 2.78. The number of pyridine rings is 1. The van der Waals surface area contributed by atoms with Gasteiger partial charge in [0.2, 0.25) is 0 Å². The molecule has 1 aliphatic heterocycles. The first-order chi connectivity index (χ1) is 9.25. The summed E-state index contributed by atoms with van der Waals surface area (Å²) in [5, 5.41) is 3.07. The highest BCUT2D eigenvalue weighted by Gasteiger charge is 2.41. The van der Waals surface area contributed by atoms with Crippen LogP contribution < -0.4 is 10.2 Å². The highest BCUT2D eigenvalue weighted by atomic mass is 16.2. The first kappa shape index (κ1) is 13.8. The van der Waals surface area contributed by atoms with Crippen molar-refractivity contribution in [2.75, 3.05) is 4.90 Å². The molecule has 4 nitrogen and oxygen atoms in total. The summed E-state index contributed by atoms with van der Waals surface area (Å²) in [7, 11) is 0. The molecule has 1 aromatic heterocycles. The number of hydrogen-bond acceptors (Lipinski definition) is 2. The molecule has 2 unspecified atom stereocenters. The Hall–Kier alpha value is -1.58. The van der Waals surface area contributed by atoms with E-state index in [4.69, 9.17) is 0 Å². The molecule has 0 spiro atoms. The quantitative estimate of drug-likeness (QED) is 0.843. The van der Waals surface area contributed by atoms with Crippen LogP contribution in [0, 0.1) is 6.92 Å². The fourth-order valence-electron chi connectivity index (χ4n) is 2.84. The lowest BCUT2D eigenvalue weighted by Gasteiger charge is -2.29. The van der Waals surface area contributed by atoms with Crippen molar-refractivity contribution in [3.05, 3.63) is 23.9 Å². The van der Waals surface area contributed by atoms with Gasteiger partial charge in [-0.2, -0.15) is 0 Å². The highest BCUT2D eigenvalue weighted by molar-refractivity contribution is 5.94. The van der Waals surface area contributed by atoms with Gasteiger partial charge in [-0.25, -0.2) is 9.78 Å². The van der Waals surface area contributed by atoms with Gasteiger partial charge in [0, 0.05) is 6.20 Å². The predicted octanol–water partition coefficient (Wildman–Crippen LogP) is 3.26. The number of aryl methyl sites for hydroxylation is 1. The number of nitrogens with zero attached hydrogens (tertiary/aromatic N) is 2. The standard InChI is InChI=1S/C13H17N3O.C2H6/c1-9-6-7-12(14-8-9)16-11-5-3-2-4-10(11)15-13(16)17;1-2/h6-8,10-11H,2-5H2,1H3,(H,15,17);1-2H3. The summed E-state index contributed by atoms with van der Waals surface area (Å²) in [4.78, 5) is 18.2. The molecule has 2 heterocycles.